The Balaban J connectivity index is 2.98. The maximum Gasteiger partial charge on any atom is 0.287 e. The molecule has 0 fully saturated rings. The van der Waals surface area contributed by atoms with Gasteiger partial charge in [-0.25, -0.2) is 0 Å². The number of furan rings is 1. The van der Waals surface area contributed by atoms with Crippen LogP contribution < -0.4 is 0 Å². The van der Waals surface area contributed by atoms with E-state index in [-0.39, 0.29) is 11.5 Å². The van der Waals surface area contributed by atoms with Gasteiger partial charge in [-0.3, -0.25) is 9.59 Å². The lowest BCUT2D eigenvalue weighted by atomic mass is 10.4. The third kappa shape index (κ3) is 1.25. The van der Waals surface area contributed by atoms with Crippen LogP contribution in [-0.2, 0) is 0 Å². The second kappa shape index (κ2) is 2.66. The van der Waals surface area contributed by atoms with E-state index in [1.807, 2.05) is 0 Å². The lowest BCUT2D eigenvalue weighted by molar-refractivity contribution is 0.104. The summed E-state index contributed by atoms with van der Waals surface area (Å²) < 4.78 is 4.64. The molecule has 0 aliphatic heterocycles. The molecule has 0 aliphatic carbocycles. The molecule has 1 aromatic rings. The van der Waals surface area contributed by atoms with Crippen molar-refractivity contribution in [1.82, 2.24) is 0 Å². The minimum absolute atomic E-state index is 0.0104. The Bertz CT molecular complexity index is 264. The molecule has 0 saturated heterocycles. The van der Waals surface area contributed by atoms with Crippen molar-refractivity contribution in [1.29, 1.82) is 0 Å². The van der Waals surface area contributed by atoms with Gasteiger partial charge in [-0.05, 0) is 23.7 Å². The van der Waals surface area contributed by atoms with E-state index in [0.717, 1.165) is 0 Å². The summed E-state index contributed by atoms with van der Waals surface area (Å²) in [7, 11) is 0. The van der Waals surface area contributed by atoms with Crippen molar-refractivity contribution >= 4 is 23.1 Å². The van der Waals surface area contributed by atoms with Gasteiger partial charge in [0.05, 0.1) is 0 Å². The minimum atomic E-state index is -0.701. The monoisotopic (exact) mass is 158 g/mol. The second-order valence-corrected chi connectivity index (χ2v) is 1.94. The van der Waals surface area contributed by atoms with Crippen molar-refractivity contribution in [3.8, 4) is 0 Å². The first-order valence-electron chi connectivity index (χ1n) is 2.49. The van der Waals surface area contributed by atoms with Crippen molar-refractivity contribution in [3.63, 3.8) is 0 Å². The first-order valence-corrected chi connectivity index (χ1v) is 2.86. The van der Waals surface area contributed by atoms with Crippen LogP contribution in [0.2, 0.25) is 0 Å². The van der Waals surface area contributed by atoms with E-state index in [4.69, 9.17) is 11.6 Å². The molecule has 1 heterocycles. The Morgan fingerprint density at radius 1 is 1.60 bits per heavy atom. The normalized spacial score (nSPS) is 9.30. The molecule has 0 unspecified atom stereocenters. The van der Waals surface area contributed by atoms with Gasteiger partial charge < -0.3 is 4.42 Å². The van der Waals surface area contributed by atoms with Crippen LogP contribution >= 0.6 is 11.6 Å². The minimum Gasteiger partial charge on any atom is -0.449 e. The quantitative estimate of drug-likeness (QED) is 0.484. The first-order chi connectivity index (χ1) is 4.74. The lowest BCUT2D eigenvalue weighted by Gasteiger charge is -1.80. The predicted octanol–water partition coefficient (Wildman–Crippen LogP) is 1.47. The summed E-state index contributed by atoms with van der Waals surface area (Å²) >= 11 is 5.02. The molecular formula is C6H3ClO3. The Hall–Kier alpha value is -1.09. The van der Waals surface area contributed by atoms with Gasteiger partial charge in [0.15, 0.2) is 17.8 Å². The number of aldehydes is 1. The average Bonchev–Trinajstić information content (AvgIpc) is 2.34. The van der Waals surface area contributed by atoms with Gasteiger partial charge in [-0.2, -0.15) is 0 Å². The van der Waals surface area contributed by atoms with Crippen molar-refractivity contribution < 1.29 is 14.0 Å². The number of hydrogen-bond donors (Lipinski definition) is 0. The smallest absolute Gasteiger partial charge is 0.287 e. The Morgan fingerprint density at radius 3 is 2.60 bits per heavy atom. The molecule has 1 aromatic heterocycles. The van der Waals surface area contributed by atoms with Gasteiger partial charge in [0.25, 0.3) is 5.24 Å². The van der Waals surface area contributed by atoms with E-state index in [2.05, 4.69) is 4.42 Å². The molecule has 10 heavy (non-hydrogen) atoms. The van der Waals surface area contributed by atoms with Crippen molar-refractivity contribution in [2.75, 3.05) is 0 Å². The summed E-state index contributed by atoms with van der Waals surface area (Å²) in [6.07, 6.45) is 0.503. The van der Waals surface area contributed by atoms with Crippen molar-refractivity contribution in [2.45, 2.75) is 0 Å². The fourth-order valence-electron chi connectivity index (χ4n) is 0.522. The van der Waals surface area contributed by atoms with Gasteiger partial charge in [0.1, 0.15) is 0 Å². The van der Waals surface area contributed by atoms with E-state index < -0.39 is 5.24 Å². The highest BCUT2D eigenvalue weighted by Gasteiger charge is 2.06. The van der Waals surface area contributed by atoms with Crippen molar-refractivity contribution in [3.05, 3.63) is 23.7 Å². The van der Waals surface area contributed by atoms with E-state index in [1.165, 1.54) is 12.1 Å². The van der Waals surface area contributed by atoms with Gasteiger partial charge in [0, 0.05) is 0 Å². The molecule has 4 heteroatoms. The van der Waals surface area contributed by atoms with E-state index in [0.29, 0.717) is 6.29 Å². The number of rotatable bonds is 2. The number of carbonyl (C=O) groups is 2. The fraction of sp³-hybridized carbons (Fsp3) is 0. The third-order valence-electron chi connectivity index (χ3n) is 0.937. The number of hydrogen-bond acceptors (Lipinski definition) is 3. The van der Waals surface area contributed by atoms with Gasteiger partial charge >= 0.3 is 0 Å². The summed E-state index contributed by atoms with van der Waals surface area (Å²) in [5.41, 5.74) is 0. The van der Waals surface area contributed by atoms with Gasteiger partial charge in [-0.1, -0.05) is 0 Å². The standard InChI is InChI=1S/C6H3ClO3/c7-6(9)5-2-1-4(3-8)10-5/h1-3H. The fourth-order valence-corrected chi connectivity index (χ4v) is 0.623. The van der Waals surface area contributed by atoms with Crippen LogP contribution in [0.15, 0.2) is 16.5 Å². The largest absolute Gasteiger partial charge is 0.449 e. The highest BCUT2D eigenvalue weighted by Crippen LogP contribution is 2.07. The topological polar surface area (TPSA) is 47.3 Å². The molecule has 0 atom stereocenters. The Labute approximate surface area is 61.6 Å². The average molecular weight is 159 g/mol. The maximum atomic E-state index is 10.3. The maximum absolute atomic E-state index is 10.3. The summed E-state index contributed by atoms with van der Waals surface area (Å²) in [6.45, 7) is 0. The zero-order valence-electron chi connectivity index (χ0n) is 4.83. The molecule has 1 rings (SSSR count). The SMILES string of the molecule is O=Cc1ccc(C(=O)Cl)o1. The summed E-state index contributed by atoms with van der Waals surface area (Å²) in [6, 6.07) is 2.72. The molecule has 3 nitrogen and oxygen atoms in total. The molecule has 0 aromatic carbocycles. The van der Waals surface area contributed by atoms with Crippen LogP contribution in [0, 0.1) is 0 Å². The first kappa shape index (κ1) is 7.02. The zero-order valence-corrected chi connectivity index (χ0v) is 5.59. The molecular weight excluding hydrogens is 156 g/mol. The van der Waals surface area contributed by atoms with Gasteiger partial charge in [-0.15, -0.1) is 0 Å². The molecule has 0 N–H and O–H groups in total. The Kier molecular flexibility index (Phi) is 1.87. The summed E-state index contributed by atoms with van der Waals surface area (Å²) in [5, 5.41) is -0.701. The highest BCUT2D eigenvalue weighted by atomic mass is 35.5. The molecule has 0 amide bonds. The number of halogens is 1. The summed E-state index contributed by atoms with van der Waals surface area (Å²) in [5.74, 6) is 0.0905. The molecule has 0 bridgehead atoms. The van der Waals surface area contributed by atoms with Crippen LogP contribution in [-0.4, -0.2) is 11.5 Å². The molecule has 52 valence electrons. The van der Waals surface area contributed by atoms with Crippen LogP contribution in [0.3, 0.4) is 0 Å². The van der Waals surface area contributed by atoms with Crippen LogP contribution in [0.1, 0.15) is 21.1 Å². The van der Waals surface area contributed by atoms with Crippen LogP contribution in [0.25, 0.3) is 0 Å². The van der Waals surface area contributed by atoms with E-state index >= 15 is 0 Å². The van der Waals surface area contributed by atoms with E-state index in [9.17, 15) is 9.59 Å². The summed E-state index contributed by atoms with van der Waals surface area (Å²) in [4.78, 5) is 20.3. The van der Waals surface area contributed by atoms with Gasteiger partial charge in [0.2, 0.25) is 0 Å². The van der Waals surface area contributed by atoms with Crippen molar-refractivity contribution in [2.24, 2.45) is 0 Å². The molecule has 0 radical (unpaired) electrons. The van der Waals surface area contributed by atoms with Crippen LogP contribution in [0.5, 0.6) is 0 Å². The zero-order chi connectivity index (χ0) is 7.56. The third-order valence-corrected chi connectivity index (χ3v) is 1.12. The second-order valence-electron chi connectivity index (χ2n) is 1.59. The lowest BCUT2D eigenvalue weighted by Crippen LogP contribution is -1.81. The molecule has 0 saturated carbocycles. The molecule has 0 aliphatic rings. The highest BCUT2D eigenvalue weighted by molar-refractivity contribution is 6.67. The Morgan fingerprint density at radius 2 is 2.30 bits per heavy atom. The molecule has 0 spiro atoms. The van der Waals surface area contributed by atoms with Crippen LogP contribution in [0.4, 0.5) is 0 Å². The number of carbonyl (C=O) groups excluding carboxylic acids is 2. The van der Waals surface area contributed by atoms with E-state index in [1.54, 1.807) is 0 Å². The predicted molar refractivity (Wildman–Crippen MR) is 34.3 cm³/mol.